The van der Waals surface area contributed by atoms with Gasteiger partial charge in [-0.05, 0) is 46.3 Å². The molecule has 0 fully saturated rings. The van der Waals surface area contributed by atoms with Gasteiger partial charge in [-0.15, -0.1) is 0 Å². The molecule has 0 bridgehead atoms. The number of hydrogen-bond donors (Lipinski definition) is 1. The van der Waals surface area contributed by atoms with Gasteiger partial charge in [-0.3, -0.25) is 14.9 Å². The zero-order chi connectivity index (χ0) is 16.1. The number of amides is 2. The van der Waals surface area contributed by atoms with E-state index >= 15 is 0 Å². The number of nitrogens with one attached hydrogen (secondary N) is 1. The molecule has 1 heterocycles. The lowest BCUT2D eigenvalue weighted by Crippen LogP contribution is -2.34. The molecule has 1 aromatic carbocycles. The Morgan fingerprint density at radius 1 is 1.27 bits per heavy atom. The molecule has 1 aromatic heterocycles. The summed E-state index contributed by atoms with van der Waals surface area (Å²) in [5, 5.41) is 1.99. The van der Waals surface area contributed by atoms with Crippen molar-refractivity contribution in [1.29, 1.82) is 0 Å². The van der Waals surface area contributed by atoms with Crippen molar-refractivity contribution in [3.05, 3.63) is 58.2 Å². The molecule has 0 aliphatic carbocycles. The summed E-state index contributed by atoms with van der Waals surface area (Å²) in [4.78, 5) is 34.7. The highest BCUT2D eigenvalue weighted by molar-refractivity contribution is 9.10. The van der Waals surface area contributed by atoms with Crippen LogP contribution in [0, 0.1) is 5.82 Å². The lowest BCUT2D eigenvalue weighted by Gasteiger charge is -2.06. The molecule has 0 saturated heterocycles. The Morgan fingerprint density at radius 2 is 2.05 bits per heavy atom. The number of rotatable bonds is 4. The lowest BCUT2D eigenvalue weighted by atomic mass is 10.2. The van der Waals surface area contributed by atoms with Crippen LogP contribution in [0.2, 0.25) is 0 Å². The second-order valence-electron chi connectivity index (χ2n) is 4.05. The molecule has 22 heavy (non-hydrogen) atoms. The first kappa shape index (κ1) is 15.9. The van der Waals surface area contributed by atoms with Crippen molar-refractivity contribution in [3.8, 4) is 0 Å². The molecule has 0 spiro atoms. The van der Waals surface area contributed by atoms with Gasteiger partial charge in [0.25, 0.3) is 11.8 Å². The van der Waals surface area contributed by atoms with E-state index in [1.807, 2.05) is 5.32 Å². The molecule has 2 amide bonds. The Bertz CT molecular complexity index is 714. The highest BCUT2D eigenvalue weighted by Crippen LogP contribution is 2.18. The molecule has 2 rings (SSSR count). The van der Waals surface area contributed by atoms with E-state index in [-0.39, 0.29) is 15.8 Å². The molecule has 0 aliphatic rings. The third-order valence-electron chi connectivity index (χ3n) is 2.48. The van der Waals surface area contributed by atoms with Gasteiger partial charge in [0.15, 0.2) is 12.4 Å². The van der Waals surface area contributed by atoms with Gasteiger partial charge in [0, 0.05) is 4.47 Å². The normalized spacial score (nSPS) is 10.1. The molecular formula is C14H9BrFNO5. The number of benzene rings is 1. The predicted molar refractivity (Wildman–Crippen MR) is 75.6 cm³/mol. The van der Waals surface area contributed by atoms with Gasteiger partial charge in [0.2, 0.25) is 0 Å². The van der Waals surface area contributed by atoms with E-state index in [1.54, 1.807) is 0 Å². The van der Waals surface area contributed by atoms with Crippen molar-refractivity contribution in [2.75, 3.05) is 6.61 Å². The predicted octanol–water partition coefficient (Wildman–Crippen LogP) is 2.29. The van der Waals surface area contributed by atoms with Gasteiger partial charge in [-0.25, -0.2) is 9.18 Å². The molecule has 0 aliphatic heterocycles. The molecule has 0 unspecified atom stereocenters. The molecule has 0 radical (unpaired) electrons. The number of carbonyl (C=O) groups is 3. The van der Waals surface area contributed by atoms with Gasteiger partial charge >= 0.3 is 5.97 Å². The second kappa shape index (κ2) is 6.99. The van der Waals surface area contributed by atoms with Gasteiger partial charge in [0.1, 0.15) is 5.82 Å². The van der Waals surface area contributed by atoms with E-state index in [4.69, 9.17) is 9.15 Å². The van der Waals surface area contributed by atoms with Gasteiger partial charge in [-0.2, -0.15) is 0 Å². The summed E-state index contributed by atoms with van der Waals surface area (Å²) in [5.74, 6) is -2.94. The average Bonchev–Trinajstić information content (AvgIpc) is 2.99. The van der Waals surface area contributed by atoms with E-state index in [0.717, 1.165) is 12.1 Å². The number of ether oxygens (including phenoxy) is 1. The van der Waals surface area contributed by atoms with Gasteiger partial charge in [0.05, 0.1) is 11.8 Å². The van der Waals surface area contributed by atoms with E-state index in [2.05, 4.69) is 15.9 Å². The van der Waals surface area contributed by atoms with Crippen molar-refractivity contribution >= 4 is 33.7 Å². The first-order valence-corrected chi connectivity index (χ1v) is 6.76. The van der Waals surface area contributed by atoms with Crippen molar-refractivity contribution in [1.82, 2.24) is 5.32 Å². The molecule has 1 N–H and O–H groups in total. The fourth-order valence-electron chi connectivity index (χ4n) is 1.50. The fraction of sp³-hybridized carbons (Fsp3) is 0.0714. The minimum absolute atomic E-state index is 0.0408. The zero-order valence-corrected chi connectivity index (χ0v) is 12.6. The summed E-state index contributed by atoms with van der Waals surface area (Å²) in [6.45, 7) is -0.658. The third kappa shape index (κ3) is 4.01. The van der Waals surface area contributed by atoms with Crippen LogP contribution in [-0.2, 0) is 9.53 Å². The van der Waals surface area contributed by atoms with Crippen LogP contribution in [0.15, 0.2) is 45.5 Å². The number of halogens is 2. The summed E-state index contributed by atoms with van der Waals surface area (Å²) in [5.41, 5.74) is 0.0616. The van der Waals surface area contributed by atoms with Crippen LogP contribution in [0.1, 0.15) is 20.9 Å². The number of imide groups is 1. The quantitative estimate of drug-likeness (QED) is 0.835. The van der Waals surface area contributed by atoms with Crippen molar-refractivity contribution in [2.24, 2.45) is 0 Å². The summed E-state index contributed by atoms with van der Waals surface area (Å²) in [7, 11) is 0. The van der Waals surface area contributed by atoms with Gasteiger partial charge < -0.3 is 9.15 Å². The Kier molecular flexibility index (Phi) is 5.05. The van der Waals surface area contributed by atoms with Crippen LogP contribution < -0.4 is 5.32 Å². The molecule has 114 valence electrons. The smallest absolute Gasteiger partial charge is 0.339 e. The number of hydrogen-bond acceptors (Lipinski definition) is 5. The minimum atomic E-state index is -0.826. The summed E-state index contributed by atoms with van der Waals surface area (Å²) in [6.07, 6.45) is 1.28. The van der Waals surface area contributed by atoms with E-state index in [9.17, 15) is 18.8 Å². The highest BCUT2D eigenvalue weighted by Gasteiger charge is 2.16. The van der Waals surface area contributed by atoms with Crippen LogP contribution in [0.3, 0.4) is 0 Å². The minimum Gasteiger partial charge on any atom is -0.459 e. The first-order chi connectivity index (χ1) is 10.5. The molecule has 6 nitrogen and oxygen atoms in total. The lowest BCUT2D eigenvalue weighted by molar-refractivity contribution is -0.123. The van der Waals surface area contributed by atoms with E-state index in [1.165, 1.54) is 24.5 Å². The topological polar surface area (TPSA) is 85.6 Å². The van der Waals surface area contributed by atoms with Crippen molar-refractivity contribution in [3.63, 3.8) is 0 Å². The van der Waals surface area contributed by atoms with Crippen molar-refractivity contribution in [2.45, 2.75) is 0 Å². The number of carbonyl (C=O) groups excluding carboxylic acids is 3. The molecule has 8 heteroatoms. The third-order valence-corrected chi connectivity index (χ3v) is 3.14. The highest BCUT2D eigenvalue weighted by atomic mass is 79.9. The van der Waals surface area contributed by atoms with Crippen LogP contribution in [0.5, 0.6) is 0 Å². The molecule has 0 saturated carbocycles. The Labute approximate surface area is 132 Å². The summed E-state index contributed by atoms with van der Waals surface area (Å²) >= 11 is 3.01. The van der Waals surface area contributed by atoms with Crippen LogP contribution in [-0.4, -0.2) is 24.4 Å². The number of esters is 1. The van der Waals surface area contributed by atoms with Crippen LogP contribution in [0.4, 0.5) is 4.39 Å². The monoisotopic (exact) mass is 369 g/mol. The average molecular weight is 370 g/mol. The maximum atomic E-state index is 12.9. The standard InChI is InChI=1S/C14H9BrFNO5/c15-10-6-8(16)3-4-9(10)14(20)22-7-12(18)17-13(19)11-2-1-5-21-11/h1-6H,7H2,(H,17,18,19). The maximum Gasteiger partial charge on any atom is 0.339 e. The zero-order valence-electron chi connectivity index (χ0n) is 11.0. The first-order valence-electron chi connectivity index (χ1n) is 5.97. The molecular weight excluding hydrogens is 361 g/mol. The van der Waals surface area contributed by atoms with E-state index < -0.39 is 30.2 Å². The molecule has 0 atom stereocenters. The van der Waals surface area contributed by atoms with Crippen LogP contribution in [0.25, 0.3) is 0 Å². The Morgan fingerprint density at radius 3 is 2.68 bits per heavy atom. The van der Waals surface area contributed by atoms with Crippen LogP contribution >= 0.6 is 15.9 Å². The largest absolute Gasteiger partial charge is 0.459 e. The molecule has 2 aromatic rings. The maximum absolute atomic E-state index is 12.9. The number of furan rings is 1. The second-order valence-corrected chi connectivity index (χ2v) is 4.91. The van der Waals surface area contributed by atoms with Crippen molar-refractivity contribution < 1.29 is 27.9 Å². The summed E-state index contributed by atoms with van der Waals surface area (Å²) < 4.78 is 22.7. The Balaban J connectivity index is 1.88. The summed E-state index contributed by atoms with van der Waals surface area (Å²) in [6, 6.07) is 6.27. The Hall–Kier alpha value is -2.48. The van der Waals surface area contributed by atoms with E-state index in [0.29, 0.717) is 0 Å². The fourth-order valence-corrected chi connectivity index (χ4v) is 2.01. The van der Waals surface area contributed by atoms with Gasteiger partial charge in [-0.1, -0.05) is 0 Å². The SMILES string of the molecule is O=C(COC(=O)c1ccc(F)cc1Br)NC(=O)c1ccco1.